The number of ether oxygens (including phenoxy) is 2. The Morgan fingerprint density at radius 2 is 1.85 bits per heavy atom. The summed E-state index contributed by atoms with van der Waals surface area (Å²) in [4.78, 5) is 40.4. The van der Waals surface area contributed by atoms with Gasteiger partial charge in [-0.1, -0.05) is 30.4 Å². The number of esters is 2. The summed E-state index contributed by atoms with van der Waals surface area (Å²) in [5.74, 6) is -1.62. The zero-order valence-electron chi connectivity index (χ0n) is 14.8. The highest BCUT2D eigenvalue weighted by Gasteiger charge is 2.63. The number of benzene rings is 1. The molecule has 1 amide bonds. The van der Waals surface area contributed by atoms with Crippen LogP contribution in [0, 0.1) is 11.3 Å². The van der Waals surface area contributed by atoms with Gasteiger partial charge in [-0.15, -0.1) is 0 Å². The van der Waals surface area contributed by atoms with Gasteiger partial charge in [-0.05, 0) is 30.4 Å². The average Bonchev–Trinajstić information content (AvgIpc) is 2.92. The molecule has 6 nitrogen and oxygen atoms in total. The first-order valence-corrected chi connectivity index (χ1v) is 8.80. The fraction of sp³-hybridized carbons (Fsp3) is 0.450. The zero-order chi connectivity index (χ0) is 18.5. The normalized spacial score (nSPS) is 28.0. The van der Waals surface area contributed by atoms with Gasteiger partial charge in [0.05, 0.1) is 20.3 Å². The third kappa shape index (κ3) is 2.01. The van der Waals surface area contributed by atoms with Gasteiger partial charge in [-0.2, -0.15) is 0 Å². The third-order valence-electron chi connectivity index (χ3n) is 6.02. The maximum absolute atomic E-state index is 12.9. The fourth-order valence-corrected chi connectivity index (χ4v) is 4.98. The monoisotopic (exact) mass is 355 g/mol. The number of nitrogens with zero attached hydrogens (tertiary/aromatic N) is 1. The lowest BCUT2D eigenvalue weighted by Gasteiger charge is -2.41. The molecule has 26 heavy (non-hydrogen) atoms. The Morgan fingerprint density at radius 1 is 1.15 bits per heavy atom. The van der Waals surface area contributed by atoms with E-state index in [-0.39, 0.29) is 24.3 Å². The number of carbonyl (C=O) groups excluding carboxylic acids is 3. The molecule has 136 valence electrons. The van der Waals surface area contributed by atoms with Crippen LogP contribution in [0.25, 0.3) is 0 Å². The molecule has 2 heterocycles. The Kier molecular flexibility index (Phi) is 3.86. The van der Waals surface area contributed by atoms with Crippen LogP contribution in [-0.4, -0.2) is 38.1 Å². The van der Waals surface area contributed by atoms with Crippen molar-refractivity contribution in [3.05, 3.63) is 42.0 Å². The van der Waals surface area contributed by atoms with Gasteiger partial charge in [0.2, 0.25) is 5.91 Å². The van der Waals surface area contributed by atoms with Crippen molar-refractivity contribution in [2.75, 3.05) is 19.1 Å². The van der Waals surface area contributed by atoms with Crippen molar-refractivity contribution in [1.82, 2.24) is 0 Å². The van der Waals surface area contributed by atoms with Gasteiger partial charge >= 0.3 is 11.9 Å². The largest absolute Gasteiger partial charge is 0.468 e. The van der Waals surface area contributed by atoms with Crippen molar-refractivity contribution < 1.29 is 23.9 Å². The molecule has 0 aromatic heterocycles. The van der Waals surface area contributed by atoms with Crippen molar-refractivity contribution in [2.45, 2.75) is 31.2 Å². The molecule has 6 heteroatoms. The highest BCUT2D eigenvalue weighted by atomic mass is 16.5. The van der Waals surface area contributed by atoms with Crippen molar-refractivity contribution in [3.8, 4) is 0 Å². The molecule has 1 unspecified atom stereocenters. The van der Waals surface area contributed by atoms with Crippen LogP contribution in [0.5, 0.6) is 0 Å². The Hall–Kier alpha value is -2.63. The van der Waals surface area contributed by atoms with E-state index >= 15 is 0 Å². The summed E-state index contributed by atoms with van der Waals surface area (Å²) in [5, 5.41) is 0. The number of hydrogen-bond acceptors (Lipinski definition) is 5. The number of anilines is 1. The second-order valence-corrected chi connectivity index (χ2v) is 7.08. The van der Waals surface area contributed by atoms with Crippen LogP contribution in [0.15, 0.2) is 36.4 Å². The number of para-hydroxylation sites is 1. The molecule has 3 atom stereocenters. The fourth-order valence-electron chi connectivity index (χ4n) is 4.98. The molecule has 3 aliphatic rings. The predicted octanol–water partition coefficient (Wildman–Crippen LogP) is 2.19. The molecule has 1 aliphatic carbocycles. The molecule has 0 spiro atoms. The van der Waals surface area contributed by atoms with Crippen LogP contribution in [0.1, 0.15) is 30.7 Å². The van der Waals surface area contributed by atoms with Crippen molar-refractivity contribution in [2.24, 2.45) is 11.3 Å². The minimum Gasteiger partial charge on any atom is -0.468 e. The van der Waals surface area contributed by atoms with Gasteiger partial charge in [-0.3, -0.25) is 14.4 Å². The van der Waals surface area contributed by atoms with E-state index in [2.05, 4.69) is 0 Å². The van der Waals surface area contributed by atoms with Crippen LogP contribution in [-0.2, 0) is 23.9 Å². The first kappa shape index (κ1) is 16.8. The van der Waals surface area contributed by atoms with E-state index in [1.165, 1.54) is 14.2 Å². The average molecular weight is 355 g/mol. The van der Waals surface area contributed by atoms with Crippen molar-refractivity contribution in [1.29, 1.82) is 0 Å². The standard InChI is InChI=1S/C20H21NO5/c1-25-18(23)20(19(24)26-2)11-5-6-12-9-10-15(22)21-14-8-4-3-7-13(14)16(20)17(12)21/h3-8,12,16-17H,9-11H2,1-2H3/t12-,16+,17?/m0/s1. The van der Waals surface area contributed by atoms with Crippen molar-refractivity contribution >= 4 is 23.5 Å². The number of hydrogen-bond donors (Lipinski definition) is 0. The first-order chi connectivity index (χ1) is 12.6. The number of methoxy groups -OCH3 is 2. The quantitative estimate of drug-likeness (QED) is 0.462. The number of fused-ring (bicyclic) bond motifs is 3. The summed E-state index contributed by atoms with van der Waals surface area (Å²) in [7, 11) is 2.56. The summed E-state index contributed by atoms with van der Waals surface area (Å²) in [6, 6.07) is 7.23. The van der Waals surface area contributed by atoms with Crippen LogP contribution < -0.4 is 4.90 Å². The first-order valence-electron chi connectivity index (χ1n) is 8.80. The number of carbonyl (C=O) groups is 3. The van der Waals surface area contributed by atoms with Gasteiger partial charge in [0.1, 0.15) is 0 Å². The van der Waals surface area contributed by atoms with E-state index in [1.807, 2.05) is 36.4 Å². The van der Waals surface area contributed by atoms with Gasteiger partial charge in [-0.25, -0.2) is 0 Å². The SMILES string of the molecule is COC(=O)C1(C(=O)OC)CC=C[C@H]2CCC(=O)N3c4ccccc4[C@@H]1C23. The highest BCUT2D eigenvalue weighted by molar-refractivity contribution is 6.05. The minimum absolute atomic E-state index is 0.0279. The Balaban J connectivity index is 2.00. The number of rotatable bonds is 2. The van der Waals surface area contributed by atoms with E-state index in [0.717, 1.165) is 11.3 Å². The lowest BCUT2D eigenvalue weighted by Crippen LogP contribution is -2.54. The number of amides is 1. The second-order valence-electron chi connectivity index (χ2n) is 7.08. The molecular weight excluding hydrogens is 334 g/mol. The Labute approximate surface area is 151 Å². The molecular formula is C20H21NO5. The smallest absolute Gasteiger partial charge is 0.324 e. The van der Waals surface area contributed by atoms with E-state index in [4.69, 9.17) is 9.47 Å². The summed E-state index contributed by atoms with van der Waals surface area (Å²) < 4.78 is 10.1. The minimum atomic E-state index is -1.50. The molecule has 1 saturated heterocycles. The maximum atomic E-state index is 12.9. The van der Waals surface area contributed by atoms with E-state index < -0.39 is 23.3 Å². The van der Waals surface area contributed by atoms with Crippen LogP contribution in [0.4, 0.5) is 5.69 Å². The van der Waals surface area contributed by atoms with E-state index in [9.17, 15) is 14.4 Å². The topological polar surface area (TPSA) is 72.9 Å². The van der Waals surface area contributed by atoms with Crippen LogP contribution >= 0.6 is 0 Å². The summed E-state index contributed by atoms with van der Waals surface area (Å²) in [6.45, 7) is 0. The highest BCUT2D eigenvalue weighted by Crippen LogP contribution is 2.57. The summed E-state index contributed by atoms with van der Waals surface area (Å²) in [5.41, 5.74) is 0.115. The van der Waals surface area contributed by atoms with Gasteiger partial charge < -0.3 is 14.4 Å². The molecule has 1 aromatic rings. The van der Waals surface area contributed by atoms with Crippen molar-refractivity contribution in [3.63, 3.8) is 0 Å². The summed E-state index contributed by atoms with van der Waals surface area (Å²) >= 11 is 0. The number of piperidine rings is 1. The second kappa shape index (κ2) is 5.97. The maximum Gasteiger partial charge on any atom is 0.324 e. The molecule has 2 aliphatic heterocycles. The van der Waals surface area contributed by atoms with E-state index in [0.29, 0.717) is 12.8 Å². The molecule has 0 bridgehead atoms. The lowest BCUT2D eigenvalue weighted by molar-refractivity contribution is -0.171. The lowest BCUT2D eigenvalue weighted by atomic mass is 9.66. The number of allylic oxidation sites excluding steroid dienone is 1. The van der Waals surface area contributed by atoms with Gasteiger partial charge in [0, 0.05) is 18.0 Å². The Bertz CT molecular complexity index is 798. The zero-order valence-corrected chi connectivity index (χ0v) is 14.8. The molecule has 4 rings (SSSR count). The van der Waals surface area contributed by atoms with Gasteiger partial charge in [0.15, 0.2) is 5.41 Å². The predicted molar refractivity (Wildman–Crippen MR) is 93.4 cm³/mol. The van der Waals surface area contributed by atoms with E-state index in [1.54, 1.807) is 4.90 Å². The van der Waals surface area contributed by atoms with Crippen LogP contribution in [0.2, 0.25) is 0 Å². The molecule has 1 fully saturated rings. The molecule has 0 saturated carbocycles. The third-order valence-corrected chi connectivity index (χ3v) is 6.02. The molecule has 0 radical (unpaired) electrons. The van der Waals surface area contributed by atoms with Gasteiger partial charge in [0.25, 0.3) is 0 Å². The summed E-state index contributed by atoms with van der Waals surface area (Å²) in [6.07, 6.45) is 5.26. The van der Waals surface area contributed by atoms with Crippen LogP contribution in [0.3, 0.4) is 0 Å². The Morgan fingerprint density at radius 3 is 2.54 bits per heavy atom. The molecule has 0 N–H and O–H groups in total. The molecule has 1 aromatic carbocycles.